The summed E-state index contributed by atoms with van der Waals surface area (Å²) in [5.41, 5.74) is 5.93. The number of carbonyl (C=O) groups is 1. The highest BCUT2D eigenvalue weighted by Crippen LogP contribution is 2.25. The summed E-state index contributed by atoms with van der Waals surface area (Å²) >= 11 is 0. The lowest BCUT2D eigenvalue weighted by atomic mass is 10.0. The molecule has 1 amide bonds. The second-order valence-corrected chi connectivity index (χ2v) is 4.38. The number of oxime groups is 1. The molecular formula is C14H21N3O3. The number of anilines is 1. The Hall–Kier alpha value is -2.24. The number of benzene rings is 1. The first-order valence-electron chi connectivity index (χ1n) is 6.61. The van der Waals surface area contributed by atoms with Gasteiger partial charge in [-0.1, -0.05) is 31.1 Å². The molecule has 0 radical (unpaired) electrons. The van der Waals surface area contributed by atoms with Gasteiger partial charge < -0.3 is 21.0 Å². The van der Waals surface area contributed by atoms with E-state index in [-0.39, 0.29) is 24.3 Å². The molecule has 0 spiro atoms. The standard InChI is InChI=1S/C14H21N3O3/c1-3-10(4-2)14(18)16-11-7-5-6-8-12(11)20-9-13(15)17-19/h5-8,10,19H,3-4,9H2,1-2H3,(H2,15,17)(H,16,18). The number of amidine groups is 1. The number of amides is 1. The van der Waals surface area contributed by atoms with E-state index < -0.39 is 0 Å². The summed E-state index contributed by atoms with van der Waals surface area (Å²) in [7, 11) is 0. The van der Waals surface area contributed by atoms with Crippen LogP contribution in [0.25, 0.3) is 0 Å². The summed E-state index contributed by atoms with van der Waals surface area (Å²) in [6.45, 7) is 3.91. The first-order valence-corrected chi connectivity index (χ1v) is 6.61. The summed E-state index contributed by atoms with van der Waals surface area (Å²) in [4.78, 5) is 12.1. The van der Waals surface area contributed by atoms with Gasteiger partial charge in [-0.15, -0.1) is 0 Å². The SMILES string of the molecule is CCC(CC)C(=O)Nc1ccccc1OC/C(N)=N/O. The third-order valence-corrected chi connectivity index (χ3v) is 3.01. The van der Waals surface area contributed by atoms with Crippen LogP contribution in [0.2, 0.25) is 0 Å². The number of para-hydroxylation sites is 2. The molecule has 1 aromatic carbocycles. The molecule has 0 unspecified atom stereocenters. The summed E-state index contributed by atoms with van der Waals surface area (Å²) in [5, 5.41) is 14.2. The Balaban J connectivity index is 2.77. The van der Waals surface area contributed by atoms with Crippen LogP contribution >= 0.6 is 0 Å². The molecular weight excluding hydrogens is 258 g/mol. The lowest BCUT2D eigenvalue weighted by molar-refractivity contribution is -0.120. The molecule has 0 saturated heterocycles. The van der Waals surface area contributed by atoms with E-state index in [1.54, 1.807) is 24.3 Å². The molecule has 4 N–H and O–H groups in total. The molecule has 20 heavy (non-hydrogen) atoms. The Kier molecular flexibility index (Phi) is 6.36. The van der Waals surface area contributed by atoms with Crippen LogP contribution in [-0.4, -0.2) is 23.6 Å². The van der Waals surface area contributed by atoms with E-state index in [4.69, 9.17) is 15.7 Å². The largest absolute Gasteiger partial charge is 0.483 e. The van der Waals surface area contributed by atoms with Crippen molar-refractivity contribution in [1.82, 2.24) is 0 Å². The average molecular weight is 279 g/mol. The molecule has 0 aliphatic rings. The summed E-state index contributed by atoms with van der Waals surface area (Å²) in [5.74, 6) is 0.395. The molecule has 6 heteroatoms. The fraction of sp³-hybridized carbons (Fsp3) is 0.429. The van der Waals surface area contributed by atoms with Gasteiger partial charge in [-0.05, 0) is 25.0 Å². The van der Waals surface area contributed by atoms with Gasteiger partial charge >= 0.3 is 0 Å². The first kappa shape index (κ1) is 15.8. The molecule has 0 aliphatic heterocycles. The van der Waals surface area contributed by atoms with Gasteiger partial charge in [0, 0.05) is 5.92 Å². The monoisotopic (exact) mass is 279 g/mol. The molecule has 0 aromatic heterocycles. The Morgan fingerprint density at radius 2 is 2.05 bits per heavy atom. The highest BCUT2D eigenvalue weighted by atomic mass is 16.5. The third kappa shape index (κ3) is 4.46. The lowest BCUT2D eigenvalue weighted by Gasteiger charge is -2.15. The fourth-order valence-corrected chi connectivity index (χ4v) is 1.77. The Bertz CT molecular complexity index is 470. The van der Waals surface area contributed by atoms with Crippen molar-refractivity contribution in [2.45, 2.75) is 26.7 Å². The van der Waals surface area contributed by atoms with Crippen molar-refractivity contribution < 1.29 is 14.7 Å². The predicted octanol–water partition coefficient (Wildman–Crippen LogP) is 2.19. The van der Waals surface area contributed by atoms with Crippen molar-refractivity contribution in [2.75, 3.05) is 11.9 Å². The van der Waals surface area contributed by atoms with Crippen LogP contribution in [0.4, 0.5) is 5.69 Å². The maximum atomic E-state index is 12.1. The number of carbonyl (C=O) groups excluding carboxylic acids is 1. The lowest BCUT2D eigenvalue weighted by Crippen LogP contribution is -2.23. The van der Waals surface area contributed by atoms with E-state index in [1.165, 1.54) is 0 Å². The van der Waals surface area contributed by atoms with Crippen LogP contribution in [0, 0.1) is 5.92 Å². The number of nitrogens with zero attached hydrogens (tertiary/aromatic N) is 1. The fourth-order valence-electron chi connectivity index (χ4n) is 1.77. The molecule has 0 fully saturated rings. The van der Waals surface area contributed by atoms with Crippen molar-refractivity contribution in [3.8, 4) is 5.75 Å². The minimum absolute atomic E-state index is 0.0212. The number of hydrogen-bond acceptors (Lipinski definition) is 4. The number of ether oxygens (including phenoxy) is 1. The molecule has 1 aromatic rings. The zero-order chi connectivity index (χ0) is 15.0. The number of rotatable bonds is 7. The van der Waals surface area contributed by atoms with Crippen LogP contribution in [-0.2, 0) is 4.79 Å². The van der Waals surface area contributed by atoms with Crippen molar-refractivity contribution in [1.29, 1.82) is 0 Å². The molecule has 0 bridgehead atoms. The summed E-state index contributed by atoms with van der Waals surface area (Å²) in [6.07, 6.45) is 1.57. The van der Waals surface area contributed by atoms with Gasteiger partial charge in [0.1, 0.15) is 12.4 Å². The zero-order valence-corrected chi connectivity index (χ0v) is 11.8. The van der Waals surface area contributed by atoms with Gasteiger partial charge in [0.2, 0.25) is 5.91 Å². The van der Waals surface area contributed by atoms with Gasteiger partial charge in [-0.2, -0.15) is 0 Å². The molecule has 0 atom stereocenters. The van der Waals surface area contributed by atoms with Gasteiger partial charge in [0.15, 0.2) is 5.84 Å². The first-order chi connectivity index (χ1) is 9.62. The number of hydrogen-bond donors (Lipinski definition) is 3. The maximum absolute atomic E-state index is 12.1. The Morgan fingerprint density at radius 1 is 1.40 bits per heavy atom. The third-order valence-electron chi connectivity index (χ3n) is 3.01. The van der Waals surface area contributed by atoms with Crippen LogP contribution in [0.1, 0.15) is 26.7 Å². The number of nitrogens with two attached hydrogens (primary N) is 1. The van der Waals surface area contributed by atoms with E-state index in [2.05, 4.69) is 10.5 Å². The van der Waals surface area contributed by atoms with Gasteiger partial charge in [0.05, 0.1) is 5.69 Å². The van der Waals surface area contributed by atoms with E-state index in [1.807, 2.05) is 13.8 Å². The Labute approximate surface area is 118 Å². The average Bonchev–Trinajstić information content (AvgIpc) is 2.47. The predicted molar refractivity (Wildman–Crippen MR) is 78.0 cm³/mol. The smallest absolute Gasteiger partial charge is 0.227 e. The second-order valence-electron chi connectivity index (χ2n) is 4.38. The van der Waals surface area contributed by atoms with Gasteiger partial charge in [0.25, 0.3) is 0 Å². The molecule has 0 aliphatic carbocycles. The number of nitrogens with one attached hydrogen (secondary N) is 1. The van der Waals surface area contributed by atoms with Gasteiger partial charge in [-0.25, -0.2) is 0 Å². The Morgan fingerprint density at radius 3 is 2.65 bits per heavy atom. The minimum atomic E-state index is -0.0473. The van der Waals surface area contributed by atoms with Crippen LogP contribution in [0.5, 0.6) is 5.75 Å². The molecule has 6 nitrogen and oxygen atoms in total. The molecule has 0 saturated carbocycles. The van der Waals surface area contributed by atoms with E-state index >= 15 is 0 Å². The van der Waals surface area contributed by atoms with Gasteiger partial charge in [-0.3, -0.25) is 4.79 Å². The van der Waals surface area contributed by atoms with Crippen molar-refractivity contribution in [2.24, 2.45) is 16.8 Å². The highest BCUT2D eigenvalue weighted by molar-refractivity contribution is 5.94. The van der Waals surface area contributed by atoms with E-state index in [0.29, 0.717) is 11.4 Å². The van der Waals surface area contributed by atoms with Crippen LogP contribution in [0.15, 0.2) is 29.4 Å². The van der Waals surface area contributed by atoms with Crippen molar-refractivity contribution in [3.63, 3.8) is 0 Å². The molecule has 110 valence electrons. The normalized spacial score (nSPS) is 11.4. The zero-order valence-electron chi connectivity index (χ0n) is 11.8. The van der Waals surface area contributed by atoms with Crippen molar-refractivity contribution >= 4 is 17.4 Å². The van der Waals surface area contributed by atoms with Crippen LogP contribution < -0.4 is 15.8 Å². The molecule has 0 heterocycles. The minimum Gasteiger partial charge on any atom is -0.483 e. The highest BCUT2D eigenvalue weighted by Gasteiger charge is 2.15. The second kappa shape index (κ2) is 8.04. The maximum Gasteiger partial charge on any atom is 0.227 e. The quantitative estimate of drug-likeness (QED) is 0.308. The summed E-state index contributed by atoms with van der Waals surface area (Å²) in [6, 6.07) is 7.06. The topological polar surface area (TPSA) is 96.9 Å². The van der Waals surface area contributed by atoms with E-state index in [9.17, 15) is 4.79 Å². The summed E-state index contributed by atoms with van der Waals surface area (Å²) < 4.78 is 5.41. The van der Waals surface area contributed by atoms with Crippen molar-refractivity contribution in [3.05, 3.63) is 24.3 Å². The molecule has 1 rings (SSSR count). The van der Waals surface area contributed by atoms with E-state index in [0.717, 1.165) is 12.8 Å². The van der Waals surface area contributed by atoms with Crippen LogP contribution in [0.3, 0.4) is 0 Å².